The molecule has 104 valence electrons. The molecule has 0 radical (unpaired) electrons. The summed E-state index contributed by atoms with van der Waals surface area (Å²) >= 11 is 0. The van der Waals surface area contributed by atoms with Crippen molar-refractivity contribution >= 4 is 11.9 Å². The number of piperidine rings is 3. The average Bonchev–Trinajstić information content (AvgIpc) is 2.50. The number of carbonyl (C=O) groups is 1. The van der Waals surface area contributed by atoms with Crippen LogP contribution in [0.5, 0.6) is 5.75 Å². The molecule has 1 aromatic carbocycles. The van der Waals surface area contributed by atoms with Crippen LogP contribution in [0, 0.1) is 5.92 Å². The molecule has 1 aromatic rings. The van der Waals surface area contributed by atoms with E-state index in [2.05, 4.69) is 11.5 Å². The predicted molar refractivity (Wildman–Crippen MR) is 79.4 cm³/mol. The van der Waals surface area contributed by atoms with E-state index in [4.69, 9.17) is 4.74 Å². The molecule has 0 N–H and O–H groups in total. The van der Waals surface area contributed by atoms with Gasteiger partial charge in [-0.2, -0.15) is 0 Å². The van der Waals surface area contributed by atoms with Crippen LogP contribution < -0.4 is 4.74 Å². The predicted octanol–water partition coefficient (Wildman–Crippen LogP) is 2.89. The van der Waals surface area contributed by atoms with E-state index in [-0.39, 0.29) is 5.92 Å². The number of hydrogen-bond donors (Lipinski definition) is 0. The molecule has 0 amide bonds. The van der Waals surface area contributed by atoms with Crippen LogP contribution >= 0.6 is 0 Å². The first-order valence-corrected chi connectivity index (χ1v) is 7.12. The number of ether oxygens (including phenoxy) is 1. The maximum atomic E-state index is 12.3. The Bertz CT molecular complexity index is 537. The van der Waals surface area contributed by atoms with Crippen molar-refractivity contribution in [1.29, 1.82) is 0 Å². The molecule has 4 rings (SSSR count). The minimum absolute atomic E-state index is 0.251. The summed E-state index contributed by atoms with van der Waals surface area (Å²) in [6, 6.07) is 7.83. The molecule has 0 spiro atoms. The number of ketones is 1. The zero-order valence-electron chi connectivity index (χ0n) is 11.5. The van der Waals surface area contributed by atoms with E-state index < -0.39 is 0 Å². The molecule has 0 aliphatic carbocycles. The molecule has 0 atom stereocenters. The molecule has 3 saturated heterocycles. The van der Waals surface area contributed by atoms with Gasteiger partial charge in [0.15, 0.2) is 5.78 Å². The fraction of sp³-hybridized carbons (Fsp3) is 0.353. The van der Waals surface area contributed by atoms with E-state index in [1.807, 2.05) is 30.3 Å². The van der Waals surface area contributed by atoms with Crippen LogP contribution in [-0.4, -0.2) is 30.4 Å². The topological polar surface area (TPSA) is 29.5 Å². The molecule has 3 aliphatic heterocycles. The summed E-state index contributed by atoms with van der Waals surface area (Å²) < 4.78 is 5.45. The molecule has 3 heteroatoms. The van der Waals surface area contributed by atoms with Crippen LogP contribution in [0.1, 0.15) is 18.4 Å². The highest BCUT2D eigenvalue weighted by Crippen LogP contribution is 2.32. The van der Waals surface area contributed by atoms with Crippen molar-refractivity contribution in [3.63, 3.8) is 0 Å². The monoisotopic (exact) mass is 269 g/mol. The maximum Gasteiger partial charge on any atom is 0.182 e. The summed E-state index contributed by atoms with van der Waals surface area (Å²) in [5.74, 6) is 1.39. The van der Waals surface area contributed by atoms with E-state index in [0.717, 1.165) is 42.9 Å². The fourth-order valence-electron chi connectivity index (χ4n) is 2.88. The Balaban J connectivity index is 1.78. The molecule has 0 saturated carbocycles. The van der Waals surface area contributed by atoms with Gasteiger partial charge in [0, 0.05) is 19.0 Å². The quantitative estimate of drug-likeness (QED) is 0.622. The van der Waals surface area contributed by atoms with Crippen LogP contribution in [0.25, 0.3) is 6.08 Å². The third kappa shape index (κ3) is 2.48. The summed E-state index contributed by atoms with van der Waals surface area (Å²) in [7, 11) is 0. The Labute approximate surface area is 119 Å². The summed E-state index contributed by atoms with van der Waals surface area (Å²) in [4.78, 5) is 14.5. The lowest BCUT2D eigenvalue weighted by atomic mass is 9.84. The molecular weight excluding hydrogens is 250 g/mol. The molecule has 20 heavy (non-hydrogen) atoms. The lowest BCUT2D eigenvalue weighted by Crippen LogP contribution is -2.45. The molecule has 3 nitrogen and oxygen atoms in total. The second kappa shape index (κ2) is 5.53. The van der Waals surface area contributed by atoms with Crippen LogP contribution in [0.3, 0.4) is 0 Å². The molecule has 2 bridgehead atoms. The van der Waals surface area contributed by atoms with Crippen LogP contribution in [0.4, 0.5) is 0 Å². The van der Waals surface area contributed by atoms with E-state index in [1.54, 1.807) is 6.08 Å². The minimum Gasteiger partial charge on any atom is -0.490 e. The normalized spacial score (nSPS) is 20.5. The first kappa shape index (κ1) is 13.0. The fourth-order valence-corrected chi connectivity index (χ4v) is 2.88. The van der Waals surface area contributed by atoms with Gasteiger partial charge >= 0.3 is 0 Å². The first-order valence-electron chi connectivity index (χ1n) is 7.12. The number of Topliss-reactive ketones (excluding diaryl/α,β-unsaturated/α-hetero) is 1. The standard InChI is InChI=1S/C17H19NO2/c1-2-11-20-15-5-3-13(4-6-15)12-16-17(19)14-7-9-18(16)10-8-14/h2-6,12,14H,1,7-11H2/b16-12+. The summed E-state index contributed by atoms with van der Waals surface area (Å²) in [6.45, 7) is 6.16. The first-order chi connectivity index (χ1) is 9.78. The third-order valence-corrected chi connectivity index (χ3v) is 4.01. The smallest absolute Gasteiger partial charge is 0.182 e. The van der Waals surface area contributed by atoms with Gasteiger partial charge in [-0.25, -0.2) is 0 Å². The Hall–Kier alpha value is -2.03. The van der Waals surface area contributed by atoms with Gasteiger partial charge in [0.2, 0.25) is 0 Å². The highest BCUT2D eigenvalue weighted by Gasteiger charge is 2.36. The number of allylic oxidation sites excluding steroid dienone is 1. The highest BCUT2D eigenvalue weighted by molar-refractivity contribution is 6.01. The molecule has 3 heterocycles. The third-order valence-electron chi connectivity index (χ3n) is 4.01. The lowest BCUT2D eigenvalue weighted by molar-refractivity contribution is -0.125. The van der Waals surface area contributed by atoms with Gasteiger partial charge in [-0.05, 0) is 36.6 Å². The van der Waals surface area contributed by atoms with Gasteiger partial charge < -0.3 is 9.64 Å². The SMILES string of the molecule is C=CCOc1ccc(/C=C2\C(=O)C3CCN2CC3)cc1. The molecule has 0 unspecified atom stereocenters. The van der Waals surface area contributed by atoms with Crippen molar-refractivity contribution in [3.05, 3.63) is 48.2 Å². The van der Waals surface area contributed by atoms with E-state index in [1.165, 1.54) is 0 Å². The lowest BCUT2D eigenvalue weighted by Gasteiger charge is -2.41. The van der Waals surface area contributed by atoms with Gasteiger partial charge in [-0.15, -0.1) is 0 Å². The minimum atomic E-state index is 0.251. The second-order valence-corrected chi connectivity index (χ2v) is 5.32. The van der Waals surface area contributed by atoms with Crippen molar-refractivity contribution in [2.45, 2.75) is 12.8 Å². The number of rotatable bonds is 4. The van der Waals surface area contributed by atoms with E-state index in [9.17, 15) is 4.79 Å². The van der Waals surface area contributed by atoms with Crippen molar-refractivity contribution in [3.8, 4) is 5.75 Å². The van der Waals surface area contributed by atoms with Gasteiger partial charge in [0.05, 0.1) is 5.70 Å². The largest absolute Gasteiger partial charge is 0.490 e. The summed E-state index contributed by atoms with van der Waals surface area (Å²) in [5, 5.41) is 0. The molecular formula is C17H19NO2. The number of fused-ring (bicyclic) bond motifs is 3. The van der Waals surface area contributed by atoms with E-state index >= 15 is 0 Å². The summed E-state index contributed by atoms with van der Waals surface area (Å²) in [6.07, 6.45) is 5.76. The van der Waals surface area contributed by atoms with Crippen molar-refractivity contribution in [2.75, 3.05) is 19.7 Å². The van der Waals surface area contributed by atoms with E-state index in [0.29, 0.717) is 12.4 Å². The Morgan fingerprint density at radius 2 is 1.95 bits per heavy atom. The molecule has 3 aliphatic rings. The zero-order chi connectivity index (χ0) is 13.9. The Morgan fingerprint density at radius 3 is 2.55 bits per heavy atom. The maximum absolute atomic E-state index is 12.3. The number of carbonyl (C=O) groups excluding carboxylic acids is 1. The van der Waals surface area contributed by atoms with Gasteiger partial charge in [-0.1, -0.05) is 24.8 Å². The van der Waals surface area contributed by atoms with Crippen molar-refractivity contribution < 1.29 is 9.53 Å². The Morgan fingerprint density at radius 1 is 1.25 bits per heavy atom. The summed E-state index contributed by atoms with van der Waals surface area (Å²) in [5.41, 5.74) is 1.93. The van der Waals surface area contributed by atoms with Crippen LogP contribution in [-0.2, 0) is 4.79 Å². The number of nitrogens with zero attached hydrogens (tertiary/aromatic N) is 1. The van der Waals surface area contributed by atoms with Crippen LogP contribution in [0.15, 0.2) is 42.6 Å². The average molecular weight is 269 g/mol. The molecule has 0 aromatic heterocycles. The van der Waals surface area contributed by atoms with Gasteiger partial charge in [0.1, 0.15) is 12.4 Å². The highest BCUT2D eigenvalue weighted by atomic mass is 16.5. The zero-order valence-corrected chi connectivity index (χ0v) is 11.5. The number of hydrogen-bond acceptors (Lipinski definition) is 3. The molecule has 3 fully saturated rings. The van der Waals surface area contributed by atoms with Gasteiger partial charge in [-0.3, -0.25) is 4.79 Å². The van der Waals surface area contributed by atoms with Crippen molar-refractivity contribution in [1.82, 2.24) is 4.90 Å². The number of benzene rings is 1. The van der Waals surface area contributed by atoms with Gasteiger partial charge in [0.25, 0.3) is 0 Å². The van der Waals surface area contributed by atoms with Crippen molar-refractivity contribution in [2.24, 2.45) is 5.92 Å². The van der Waals surface area contributed by atoms with Crippen LogP contribution in [0.2, 0.25) is 0 Å². The Kier molecular flexibility index (Phi) is 3.59. The second-order valence-electron chi connectivity index (χ2n) is 5.32.